The Kier molecular flexibility index (Phi) is 4.68. The van der Waals surface area contributed by atoms with E-state index in [0.29, 0.717) is 0 Å². The lowest BCUT2D eigenvalue weighted by molar-refractivity contribution is -0.120. The summed E-state index contributed by atoms with van der Waals surface area (Å²) in [6.07, 6.45) is 0. The van der Waals surface area contributed by atoms with Gasteiger partial charge in [-0.15, -0.1) is 11.8 Å². The largest absolute Gasteiger partial charge is 0.507 e. The maximum Gasteiger partial charge on any atom is 0.233 e. The fourth-order valence-corrected chi connectivity index (χ4v) is 2.10. The van der Waals surface area contributed by atoms with Crippen LogP contribution >= 0.6 is 11.8 Å². The first-order valence-electron chi connectivity index (χ1n) is 5.25. The van der Waals surface area contributed by atoms with E-state index >= 15 is 0 Å². The van der Waals surface area contributed by atoms with Gasteiger partial charge in [0, 0.05) is 10.9 Å². The number of para-hydroxylation sites is 1. The van der Waals surface area contributed by atoms with Crippen LogP contribution in [0.5, 0.6) is 5.75 Å². The molecule has 0 saturated heterocycles. The number of aromatic hydroxyl groups is 1. The van der Waals surface area contributed by atoms with Crippen molar-refractivity contribution >= 4 is 17.7 Å². The van der Waals surface area contributed by atoms with Gasteiger partial charge in [-0.1, -0.05) is 12.1 Å². The number of carbonyl (C=O) groups is 1. The lowest BCUT2D eigenvalue weighted by Crippen LogP contribution is -2.35. The predicted octanol–water partition coefficient (Wildman–Crippen LogP) is 2.40. The quantitative estimate of drug-likeness (QED) is 0.793. The molecule has 0 aliphatic heterocycles. The maximum absolute atomic E-state index is 11.7. The van der Waals surface area contributed by atoms with Gasteiger partial charge in [0.05, 0.1) is 5.25 Å². The molecule has 1 unspecified atom stereocenters. The van der Waals surface area contributed by atoms with Crippen LogP contribution < -0.4 is 5.32 Å². The number of carbonyl (C=O) groups excluding carboxylic acids is 1. The fourth-order valence-electron chi connectivity index (χ4n) is 1.20. The number of rotatable bonds is 4. The number of phenols is 1. The molecule has 3 nitrogen and oxygen atoms in total. The molecule has 4 heteroatoms. The molecule has 88 valence electrons. The highest BCUT2D eigenvalue weighted by molar-refractivity contribution is 8.00. The van der Waals surface area contributed by atoms with Crippen LogP contribution in [0.15, 0.2) is 29.2 Å². The highest BCUT2D eigenvalue weighted by atomic mass is 32.2. The van der Waals surface area contributed by atoms with Gasteiger partial charge in [-0.05, 0) is 32.9 Å². The fraction of sp³-hybridized carbons (Fsp3) is 0.417. The number of hydrogen-bond donors (Lipinski definition) is 2. The molecule has 16 heavy (non-hydrogen) atoms. The Labute approximate surface area is 100 Å². The Hall–Kier alpha value is -1.16. The average molecular weight is 239 g/mol. The molecule has 0 aliphatic carbocycles. The molecule has 1 aromatic rings. The first kappa shape index (κ1) is 12.9. The summed E-state index contributed by atoms with van der Waals surface area (Å²) in [6.45, 7) is 5.68. The van der Waals surface area contributed by atoms with E-state index in [1.165, 1.54) is 11.8 Å². The highest BCUT2D eigenvalue weighted by Crippen LogP contribution is 2.30. The Bertz CT molecular complexity index is 366. The smallest absolute Gasteiger partial charge is 0.233 e. The van der Waals surface area contributed by atoms with Crippen molar-refractivity contribution < 1.29 is 9.90 Å². The molecule has 0 saturated carbocycles. The van der Waals surface area contributed by atoms with Crippen LogP contribution in [0.2, 0.25) is 0 Å². The average Bonchev–Trinajstić information content (AvgIpc) is 2.20. The van der Waals surface area contributed by atoms with Crippen molar-refractivity contribution in [1.29, 1.82) is 0 Å². The SMILES string of the molecule is CC(C)NC(=O)C(C)Sc1ccccc1O. The van der Waals surface area contributed by atoms with Crippen molar-refractivity contribution in [2.45, 2.75) is 37.0 Å². The molecular formula is C12H17NO2S. The summed E-state index contributed by atoms with van der Waals surface area (Å²) in [5.74, 6) is 0.208. The van der Waals surface area contributed by atoms with Crippen LogP contribution in [0.4, 0.5) is 0 Å². The minimum absolute atomic E-state index is 0.0109. The second-order valence-corrected chi connectivity index (χ2v) is 5.27. The molecule has 1 atom stereocenters. The number of nitrogens with one attached hydrogen (secondary N) is 1. The van der Waals surface area contributed by atoms with E-state index in [9.17, 15) is 9.90 Å². The van der Waals surface area contributed by atoms with Gasteiger partial charge in [0.2, 0.25) is 5.91 Å². The number of hydrogen-bond acceptors (Lipinski definition) is 3. The standard InChI is InChI=1S/C12H17NO2S/c1-8(2)13-12(15)9(3)16-11-7-5-4-6-10(11)14/h4-9,14H,1-3H3,(H,13,15). The summed E-state index contributed by atoms with van der Waals surface area (Å²) < 4.78 is 0. The topological polar surface area (TPSA) is 49.3 Å². The van der Waals surface area contributed by atoms with E-state index in [4.69, 9.17) is 0 Å². The van der Waals surface area contributed by atoms with Crippen LogP contribution in [-0.2, 0) is 4.79 Å². The highest BCUT2D eigenvalue weighted by Gasteiger charge is 2.16. The first-order valence-corrected chi connectivity index (χ1v) is 6.13. The van der Waals surface area contributed by atoms with Gasteiger partial charge in [-0.3, -0.25) is 4.79 Å². The third-order valence-corrected chi connectivity index (χ3v) is 3.14. The third-order valence-electron chi connectivity index (χ3n) is 1.97. The molecule has 0 fully saturated rings. The van der Waals surface area contributed by atoms with Crippen LogP contribution in [0.3, 0.4) is 0 Å². The van der Waals surface area contributed by atoms with E-state index in [1.807, 2.05) is 26.8 Å². The molecule has 0 heterocycles. The minimum Gasteiger partial charge on any atom is -0.507 e. The number of amides is 1. The van der Waals surface area contributed by atoms with Gasteiger partial charge in [-0.2, -0.15) is 0 Å². The number of phenolic OH excluding ortho intramolecular Hbond substituents is 1. The Morgan fingerprint density at radius 1 is 1.31 bits per heavy atom. The minimum atomic E-state index is -0.212. The van der Waals surface area contributed by atoms with Crippen LogP contribution in [0, 0.1) is 0 Å². The van der Waals surface area contributed by atoms with Gasteiger partial charge < -0.3 is 10.4 Å². The molecule has 0 aromatic heterocycles. The normalized spacial score (nSPS) is 12.5. The maximum atomic E-state index is 11.7. The van der Waals surface area contributed by atoms with E-state index in [2.05, 4.69) is 5.32 Å². The van der Waals surface area contributed by atoms with E-state index in [-0.39, 0.29) is 22.9 Å². The summed E-state index contributed by atoms with van der Waals surface area (Å²) in [4.78, 5) is 12.4. The summed E-state index contributed by atoms with van der Waals surface area (Å²) in [5.41, 5.74) is 0. The molecule has 1 aromatic carbocycles. The molecule has 0 bridgehead atoms. The van der Waals surface area contributed by atoms with Gasteiger partial charge in [-0.25, -0.2) is 0 Å². The summed E-state index contributed by atoms with van der Waals surface area (Å²) in [5, 5.41) is 12.2. The lowest BCUT2D eigenvalue weighted by atomic mass is 10.3. The lowest BCUT2D eigenvalue weighted by Gasteiger charge is -2.14. The van der Waals surface area contributed by atoms with E-state index < -0.39 is 0 Å². The Morgan fingerprint density at radius 2 is 1.94 bits per heavy atom. The molecule has 2 N–H and O–H groups in total. The molecule has 0 radical (unpaired) electrons. The third kappa shape index (κ3) is 3.77. The predicted molar refractivity (Wildman–Crippen MR) is 66.7 cm³/mol. The van der Waals surface area contributed by atoms with Crippen molar-refractivity contribution in [1.82, 2.24) is 5.32 Å². The van der Waals surface area contributed by atoms with Crippen molar-refractivity contribution in [3.8, 4) is 5.75 Å². The second kappa shape index (κ2) is 5.80. The zero-order valence-corrected chi connectivity index (χ0v) is 10.5. The van der Waals surface area contributed by atoms with E-state index in [1.54, 1.807) is 18.2 Å². The molecule has 1 rings (SSSR count). The van der Waals surface area contributed by atoms with Gasteiger partial charge in [0.1, 0.15) is 5.75 Å². The second-order valence-electron chi connectivity index (χ2n) is 3.89. The van der Waals surface area contributed by atoms with Gasteiger partial charge in [0.25, 0.3) is 0 Å². The zero-order valence-electron chi connectivity index (χ0n) is 9.73. The monoisotopic (exact) mass is 239 g/mol. The summed E-state index contributed by atoms with van der Waals surface area (Å²) in [6, 6.07) is 7.17. The molecule has 0 spiro atoms. The van der Waals surface area contributed by atoms with Crippen LogP contribution in [0.1, 0.15) is 20.8 Å². The Balaban J connectivity index is 2.61. The van der Waals surface area contributed by atoms with Crippen molar-refractivity contribution in [2.24, 2.45) is 0 Å². The van der Waals surface area contributed by atoms with Crippen LogP contribution in [0.25, 0.3) is 0 Å². The number of benzene rings is 1. The van der Waals surface area contributed by atoms with Gasteiger partial charge in [0.15, 0.2) is 0 Å². The zero-order chi connectivity index (χ0) is 12.1. The van der Waals surface area contributed by atoms with Crippen molar-refractivity contribution in [3.05, 3.63) is 24.3 Å². The molecule has 1 amide bonds. The van der Waals surface area contributed by atoms with Gasteiger partial charge >= 0.3 is 0 Å². The van der Waals surface area contributed by atoms with Crippen molar-refractivity contribution in [3.63, 3.8) is 0 Å². The summed E-state index contributed by atoms with van der Waals surface area (Å²) >= 11 is 1.36. The first-order chi connectivity index (χ1) is 7.50. The van der Waals surface area contributed by atoms with E-state index in [0.717, 1.165) is 4.90 Å². The van der Waals surface area contributed by atoms with Crippen LogP contribution in [-0.4, -0.2) is 22.3 Å². The molecule has 0 aliphatic rings. The summed E-state index contributed by atoms with van der Waals surface area (Å²) in [7, 11) is 0. The Morgan fingerprint density at radius 3 is 2.50 bits per heavy atom. The number of thioether (sulfide) groups is 1. The molecular weight excluding hydrogens is 222 g/mol. The van der Waals surface area contributed by atoms with Crippen molar-refractivity contribution in [2.75, 3.05) is 0 Å².